The highest BCUT2D eigenvalue weighted by Crippen LogP contribution is 2.43. The van der Waals surface area contributed by atoms with Crippen LogP contribution in [0.1, 0.15) is 58.7 Å². The first kappa shape index (κ1) is 28.9. The molecule has 9 nitrogen and oxygen atoms in total. The molecule has 0 aliphatic heterocycles. The molecule has 41 heavy (non-hydrogen) atoms. The number of carbonyl (C=O) groups excluding carboxylic acids is 1. The molecule has 1 fully saturated rings. The number of benzene rings is 2. The molecule has 1 saturated carbocycles. The molecule has 3 N–H and O–H groups in total. The second-order valence-corrected chi connectivity index (χ2v) is 11.7. The summed E-state index contributed by atoms with van der Waals surface area (Å²) in [5.41, 5.74) is 1.40. The molecule has 1 amide bonds. The first-order valence-electron chi connectivity index (χ1n) is 13.0. The van der Waals surface area contributed by atoms with Gasteiger partial charge in [-0.05, 0) is 42.5 Å². The van der Waals surface area contributed by atoms with Crippen molar-refractivity contribution in [3.05, 3.63) is 75.7 Å². The highest BCUT2D eigenvalue weighted by Gasteiger charge is 2.31. The van der Waals surface area contributed by atoms with Crippen LogP contribution in [0.2, 0.25) is 0 Å². The maximum Gasteiger partial charge on any atom is 0.573 e. The molecule has 2 aromatic carbocycles. The Balaban J connectivity index is 1.14. The summed E-state index contributed by atoms with van der Waals surface area (Å²) in [6.07, 6.45) is -1.84. The third-order valence-electron chi connectivity index (χ3n) is 6.56. The van der Waals surface area contributed by atoms with Gasteiger partial charge in [0.25, 0.3) is 0 Å². The first-order valence-corrected chi connectivity index (χ1v) is 14.6. The maximum atomic E-state index is 12.5. The zero-order valence-electron chi connectivity index (χ0n) is 21.7. The van der Waals surface area contributed by atoms with Crippen LogP contribution in [0.5, 0.6) is 5.75 Å². The summed E-state index contributed by atoms with van der Waals surface area (Å²) in [6.45, 7) is 0. The standard InChI is InChI=1S/C27H27F3N6O3S2/c28-27(29,30)39-20-11-4-8-17(12-20)14-22(38)32-26-36-34-24(41-26)19-10-5-9-18(15-19)23-33-35-25(40-23)31-21(37)13-16-6-2-1-3-7-16/h1-4,6-8,11-12,18-19,22,38H,5,9-10,13-15H2,(H,32,36)(H,31,35,37). The number of aromatic nitrogens is 4. The van der Waals surface area contributed by atoms with Crippen LogP contribution in [0.3, 0.4) is 0 Å². The van der Waals surface area contributed by atoms with Crippen molar-refractivity contribution < 1.29 is 27.8 Å². The van der Waals surface area contributed by atoms with E-state index in [1.54, 1.807) is 6.07 Å². The minimum atomic E-state index is -4.78. The lowest BCUT2D eigenvalue weighted by Crippen LogP contribution is -2.21. The van der Waals surface area contributed by atoms with Crippen LogP contribution in [0.15, 0.2) is 54.6 Å². The second kappa shape index (κ2) is 12.9. The van der Waals surface area contributed by atoms with Crippen molar-refractivity contribution in [3.8, 4) is 5.75 Å². The lowest BCUT2D eigenvalue weighted by Gasteiger charge is -2.25. The van der Waals surface area contributed by atoms with Gasteiger partial charge in [-0.1, -0.05) is 71.6 Å². The predicted molar refractivity (Wildman–Crippen MR) is 149 cm³/mol. The molecule has 2 heterocycles. The Bertz CT molecular complexity index is 1450. The zero-order chi connectivity index (χ0) is 28.8. The fourth-order valence-electron chi connectivity index (χ4n) is 4.78. The van der Waals surface area contributed by atoms with E-state index in [9.17, 15) is 23.1 Å². The minimum absolute atomic E-state index is 0.0523. The van der Waals surface area contributed by atoms with Gasteiger partial charge in [0.15, 0.2) is 0 Å². The van der Waals surface area contributed by atoms with Crippen LogP contribution in [0, 0.1) is 0 Å². The quantitative estimate of drug-likeness (QED) is 0.192. The average Bonchev–Trinajstić information content (AvgIpc) is 3.58. The summed E-state index contributed by atoms with van der Waals surface area (Å²) < 4.78 is 41.4. The van der Waals surface area contributed by atoms with Gasteiger partial charge in [-0.15, -0.1) is 33.6 Å². The van der Waals surface area contributed by atoms with E-state index in [1.807, 2.05) is 30.3 Å². The lowest BCUT2D eigenvalue weighted by atomic mass is 9.82. The number of anilines is 2. The summed E-state index contributed by atoms with van der Waals surface area (Å²) in [5, 5.41) is 35.8. The van der Waals surface area contributed by atoms with Gasteiger partial charge < -0.3 is 20.5 Å². The predicted octanol–water partition coefficient (Wildman–Crippen LogP) is 5.88. The number of carbonyl (C=O) groups is 1. The van der Waals surface area contributed by atoms with Crippen LogP contribution < -0.4 is 15.4 Å². The number of halogens is 3. The number of amides is 1. The Morgan fingerprint density at radius 2 is 1.61 bits per heavy atom. The summed E-state index contributed by atoms with van der Waals surface area (Å²) in [5.74, 6) is -0.138. The van der Waals surface area contributed by atoms with Crippen molar-refractivity contribution >= 4 is 38.8 Å². The summed E-state index contributed by atoms with van der Waals surface area (Å²) >= 11 is 2.74. The van der Waals surface area contributed by atoms with E-state index < -0.39 is 12.6 Å². The van der Waals surface area contributed by atoms with Crippen LogP contribution >= 0.6 is 22.7 Å². The van der Waals surface area contributed by atoms with Crippen molar-refractivity contribution in [3.63, 3.8) is 0 Å². The van der Waals surface area contributed by atoms with E-state index in [2.05, 4.69) is 35.8 Å². The molecule has 5 rings (SSSR count). The van der Waals surface area contributed by atoms with Gasteiger partial charge in [0.05, 0.1) is 6.42 Å². The summed E-state index contributed by atoms with van der Waals surface area (Å²) in [7, 11) is 0. The first-order chi connectivity index (χ1) is 19.7. The second-order valence-electron chi connectivity index (χ2n) is 9.72. The number of aliphatic hydroxyl groups excluding tert-OH is 1. The van der Waals surface area contributed by atoms with Crippen molar-refractivity contribution in [2.45, 2.75) is 63.0 Å². The number of nitrogens with one attached hydrogen (secondary N) is 2. The molecule has 0 radical (unpaired) electrons. The average molecular weight is 605 g/mol. The SMILES string of the molecule is O=C(Cc1ccccc1)Nc1nnc(C2CCCC(c3nnc(NC(O)Cc4cccc(OC(F)(F)F)c4)s3)C2)s1. The Morgan fingerprint density at radius 3 is 2.32 bits per heavy atom. The van der Waals surface area contributed by atoms with Crippen molar-refractivity contribution in [1.29, 1.82) is 0 Å². The summed E-state index contributed by atoms with van der Waals surface area (Å²) in [6, 6.07) is 15.0. The van der Waals surface area contributed by atoms with Gasteiger partial charge in [-0.3, -0.25) is 4.79 Å². The van der Waals surface area contributed by atoms with Gasteiger partial charge in [-0.25, -0.2) is 0 Å². The van der Waals surface area contributed by atoms with Gasteiger partial charge >= 0.3 is 6.36 Å². The molecular weight excluding hydrogens is 577 g/mol. The number of aliphatic hydroxyl groups is 1. The normalized spacial score (nSPS) is 18.0. The molecular formula is C27H27F3N6O3S2. The van der Waals surface area contributed by atoms with E-state index in [0.29, 0.717) is 15.8 Å². The highest BCUT2D eigenvalue weighted by atomic mass is 32.1. The molecule has 0 saturated heterocycles. The van der Waals surface area contributed by atoms with Gasteiger partial charge in [0.1, 0.15) is 22.0 Å². The van der Waals surface area contributed by atoms with E-state index >= 15 is 0 Å². The Labute approximate surface area is 241 Å². The molecule has 0 bridgehead atoms. The zero-order valence-corrected chi connectivity index (χ0v) is 23.3. The summed E-state index contributed by atoms with van der Waals surface area (Å²) in [4.78, 5) is 12.4. The van der Waals surface area contributed by atoms with Gasteiger partial charge in [0.2, 0.25) is 16.2 Å². The topological polar surface area (TPSA) is 122 Å². The molecule has 14 heteroatoms. The Hall–Kier alpha value is -3.62. The molecule has 1 aliphatic rings. The van der Waals surface area contributed by atoms with Crippen LogP contribution in [-0.4, -0.2) is 44.0 Å². The van der Waals surface area contributed by atoms with E-state index in [-0.39, 0.29) is 36.3 Å². The Morgan fingerprint density at radius 1 is 0.951 bits per heavy atom. The van der Waals surface area contributed by atoms with Gasteiger partial charge in [-0.2, -0.15) is 0 Å². The Kier molecular flexibility index (Phi) is 9.10. The number of hydrogen-bond donors (Lipinski definition) is 3. The molecule has 3 atom stereocenters. The van der Waals surface area contributed by atoms with Crippen LogP contribution in [0.25, 0.3) is 0 Å². The lowest BCUT2D eigenvalue weighted by molar-refractivity contribution is -0.274. The molecule has 216 valence electrons. The molecule has 3 unspecified atom stereocenters. The molecule has 0 spiro atoms. The van der Waals surface area contributed by atoms with Crippen molar-refractivity contribution in [2.75, 3.05) is 10.6 Å². The van der Waals surface area contributed by atoms with Crippen LogP contribution in [-0.2, 0) is 17.6 Å². The van der Waals surface area contributed by atoms with E-state index in [0.717, 1.165) is 41.3 Å². The maximum absolute atomic E-state index is 12.5. The third kappa shape index (κ3) is 8.44. The fourth-order valence-corrected chi connectivity index (χ4v) is 6.62. The smallest absolute Gasteiger partial charge is 0.406 e. The van der Waals surface area contributed by atoms with Crippen molar-refractivity contribution in [1.82, 2.24) is 20.4 Å². The van der Waals surface area contributed by atoms with E-state index in [4.69, 9.17) is 0 Å². The fraction of sp³-hybridized carbons (Fsp3) is 0.370. The largest absolute Gasteiger partial charge is 0.573 e. The van der Waals surface area contributed by atoms with Gasteiger partial charge in [0, 0.05) is 18.3 Å². The molecule has 2 aromatic heterocycles. The number of alkyl halides is 3. The monoisotopic (exact) mass is 604 g/mol. The van der Waals surface area contributed by atoms with Crippen LogP contribution in [0.4, 0.5) is 23.4 Å². The van der Waals surface area contributed by atoms with E-state index in [1.165, 1.54) is 40.9 Å². The molecule has 4 aromatic rings. The number of rotatable bonds is 10. The minimum Gasteiger partial charge on any atom is -0.406 e. The molecule has 1 aliphatic carbocycles. The third-order valence-corrected chi connectivity index (χ3v) is 8.58. The number of nitrogens with zero attached hydrogens (tertiary/aromatic N) is 4. The number of ether oxygens (including phenoxy) is 1. The highest BCUT2D eigenvalue weighted by molar-refractivity contribution is 7.15. The number of hydrogen-bond acceptors (Lipinski definition) is 10. The van der Waals surface area contributed by atoms with Crippen molar-refractivity contribution in [2.24, 2.45) is 0 Å².